The number of ether oxygens (including phenoxy) is 1. The molecule has 0 saturated carbocycles. The molecule has 236 valence electrons. The summed E-state index contributed by atoms with van der Waals surface area (Å²) >= 11 is 0. The Morgan fingerprint density at radius 1 is 0.581 bits per heavy atom. The zero-order chi connectivity index (χ0) is 32.2. The van der Waals surface area contributed by atoms with Crippen LogP contribution in [0.5, 0.6) is 0 Å². The molecule has 0 spiro atoms. The van der Waals surface area contributed by atoms with Crippen LogP contribution in [0, 0.1) is 0 Å². The molecule has 0 atom stereocenters. The van der Waals surface area contributed by atoms with Gasteiger partial charge in [0, 0.05) is 6.42 Å². The van der Waals surface area contributed by atoms with Gasteiger partial charge in [-0.2, -0.15) is 0 Å². The zero-order valence-corrected chi connectivity index (χ0v) is 38.4. The minimum absolute atomic E-state index is 0. The van der Waals surface area contributed by atoms with Crippen LogP contribution in [0.15, 0.2) is 12.3 Å². The van der Waals surface area contributed by atoms with Crippen LogP contribution >= 0.6 is 0 Å². The van der Waals surface area contributed by atoms with E-state index in [-0.39, 0.29) is 135 Å². The van der Waals surface area contributed by atoms with Crippen LogP contribution in [0.2, 0.25) is 0 Å². The molecule has 1 aliphatic heterocycles. The molecule has 3 heterocycles. The summed E-state index contributed by atoms with van der Waals surface area (Å²) in [5.74, 6) is 2.00. The van der Waals surface area contributed by atoms with Gasteiger partial charge in [0.15, 0.2) is 0 Å². The Hall–Kier alpha value is 1.23. The van der Waals surface area contributed by atoms with Crippen LogP contribution in [-0.4, -0.2) is 16.6 Å². The van der Waals surface area contributed by atoms with Crippen molar-refractivity contribution in [1.82, 2.24) is 19.9 Å². The van der Waals surface area contributed by atoms with Crippen LogP contribution in [0.1, 0.15) is 178 Å². The Morgan fingerprint density at radius 3 is 1.05 bits per heavy atom. The predicted octanol–water partition coefficient (Wildman–Crippen LogP) is 3.57. The molecule has 1 aliphatic rings. The Kier molecular flexibility index (Phi) is 18.9. The molecule has 0 unspecified atom stereocenters. The van der Waals surface area contributed by atoms with Crippen molar-refractivity contribution < 1.29 is 108 Å². The number of rotatable bonds is 4. The molecule has 43 heavy (non-hydrogen) atoms. The minimum atomic E-state index is 0. The van der Waals surface area contributed by atoms with E-state index in [9.17, 15) is 0 Å². The summed E-state index contributed by atoms with van der Waals surface area (Å²) in [4.78, 5) is 19.5. The molecule has 0 N–H and O–H groups in total. The average molecular weight is 647 g/mol. The summed E-state index contributed by atoms with van der Waals surface area (Å²) in [6.07, 6.45) is 6.97. The van der Waals surface area contributed by atoms with Crippen molar-refractivity contribution in [2.45, 2.75) is 176 Å². The number of hydrogen-bond donors (Lipinski definition) is 0. The third-order valence-corrected chi connectivity index (χ3v) is 7.73. The first-order chi connectivity index (χ1) is 18.3. The van der Waals surface area contributed by atoms with Crippen LogP contribution < -0.4 is 113 Å². The number of hydrogen-bond acceptors (Lipinski definition) is 3. The van der Waals surface area contributed by atoms with E-state index in [1.807, 2.05) is 6.08 Å². The zero-order valence-electron chi connectivity index (χ0n) is 32.2. The maximum atomic E-state index is 4.88. The SMILES string of the molecule is C1=COCC1.CCC(C)(C)c1nc(C(C)(C)C)c(C(C)(C)C)[n-]1.CCC(C)(C)c1nc(C(C)(C)C)c(C(C)(C)C)[n-]1.[K+].[K+]. The second kappa shape index (κ2) is 17.6. The molecule has 0 fully saturated rings. The van der Waals surface area contributed by atoms with Gasteiger partial charge in [-0.1, -0.05) is 159 Å². The Balaban J connectivity index is 0. The number of nitrogens with zero attached hydrogens (tertiary/aromatic N) is 4. The summed E-state index contributed by atoms with van der Waals surface area (Å²) < 4.78 is 4.76. The van der Waals surface area contributed by atoms with Gasteiger partial charge in [-0.15, -0.1) is 0 Å². The van der Waals surface area contributed by atoms with Gasteiger partial charge in [0.05, 0.1) is 12.9 Å². The van der Waals surface area contributed by atoms with Crippen LogP contribution in [0.3, 0.4) is 0 Å². The van der Waals surface area contributed by atoms with Gasteiger partial charge in [-0.05, 0) is 51.4 Å². The van der Waals surface area contributed by atoms with Crippen molar-refractivity contribution in [3.63, 3.8) is 0 Å². The molecule has 0 saturated heterocycles. The molecule has 2 aromatic heterocycles. The Labute approximate surface area is 352 Å². The molecular formula is C36H64K2N4O. The van der Waals surface area contributed by atoms with Gasteiger partial charge < -0.3 is 24.7 Å². The van der Waals surface area contributed by atoms with Crippen LogP contribution in [-0.2, 0) is 37.2 Å². The van der Waals surface area contributed by atoms with Crippen molar-refractivity contribution in [2.24, 2.45) is 0 Å². The van der Waals surface area contributed by atoms with E-state index in [1.165, 1.54) is 0 Å². The average Bonchev–Trinajstić information content (AvgIpc) is 3.58. The molecule has 0 bridgehead atoms. The first-order valence-electron chi connectivity index (χ1n) is 15.7. The summed E-state index contributed by atoms with van der Waals surface area (Å²) in [7, 11) is 0. The van der Waals surface area contributed by atoms with Crippen LogP contribution in [0.25, 0.3) is 0 Å². The third kappa shape index (κ3) is 14.1. The standard InChI is InChI=1S/2C16H29N2.C4H6O.2K/c2*1-10-16(8,9)13-17-11(14(2,3)4)12(18-13)15(5,6)7;1-2-4-5-3-1;;/h2*10H2,1-9H3;1,3H,2,4H2;;/q2*-1;;2*+1. The molecule has 3 rings (SSSR count). The second-order valence-corrected chi connectivity index (χ2v) is 17.0. The third-order valence-electron chi connectivity index (χ3n) is 7.73. The summed E-state index contributed by atoms with van der Waals surface area (Å²) in [5, 5.41) is 0. The predicted molar refractivity (Wildman–Crippen MR) is 176 cm³/mol. The van der Waals surface area contributed by atoms with Gasteiger partial charge in [0.1, 0.15) is 0 Å². The second-order valence-electron chi connectivity index (χ2n) is 17.0. The number of imidazole rings is 2. The molecule has 0 radical (unpaired) electrons. The van der Waals surface area contributed by atoms with Crippen molar-refractivity contribution in [1.29, 1.82) is 0 Å². The smallest absolute Gasteiger partial charge is 0.501 e. The molecule has 0 aromatic carbocycles. The Morgan fingerprint density at radius 2 is 0.907 bits per heavy atom. The van der Waals surface area contributed by atoms with E-state index in [1.54, 1.807) is 6.26 Å². The maximum Gasteiger partial charge on any atom is 1.00 e. The molecule has 7 heteroatoms. The summed E-state index contributed by atoms with van der Waals surface area (Å²) in [6, 6.07) is 0. The molecule has 5 nitrogen and oxygen atoms in total. The summed E-state index contributed by atoms with van der Waals surface area (Å²) in [5.41, 5.74) is 4.97. The normalized spacial score (nSPS) is 14.0. The van der Waals surface area contributed by atoms with E-state index in [4.69, 9.17) is 24.7 Å². The van der Waals surface area contributed by atoms with Gasteiger partial charge in [0.25, 0.3) is 0 Å². The fourth-order valence-electron chi connectivity index (χ4n) is 4.04. The van der Waals surface area contributed by atoms with E-state index in [0.717, 1.165) is 60.3 Å². The minimum Gasteiger partial charge on any atom is -0.501 e. The van der Waals surface area contributed by atoms with E-state index in [0.29, 0.717) is 0 Å². The largest absolute Gasteiger partial charge is 1.00 e. The van der Waals surface area contributed by atoms with Crippen molar-refractivity contribution in [2.75, 3.05) is 6.61 Å². The molecule has 0 amide bonds. The monoisotopic (exact) mass is 646 g/mol. The van der Waals surface area contributed by atoms with E-state index < -0.39 is 0 Å². The van der Waals surface area contributed by atoms with E-state index >= 15 is 0 Å². The summed E-state index contributed by atoms with van der Waals surface area (Å²) in [6.45, 7) is 40.8. The fourth-order valence-corrected chi connectivity index (χ4v) is 4.04. The first-order valence-corrected chi connectivity index (χ1v) is 15.7. The fraction of sp³-hybridized carbons (Fsp3) is 0.778. The molecular weight excluding hydrogens is 583 g/mol. The molecule has 2 aromatic rings. The van der Waals surface area contributed by atoms with Crippen molar-refractivity contribution in [3.05, 3.63) is 46.8 Å². The Bertz CT molecular complexity index is 977. The van der Waals surface area contributed by atoms with Gasteiger partial charge in [-0.3, -0.25) is 0 Å². The van der Waals surface area contributed by atoms with Crippen molar-refractivity contribution >= 4 is 0 Å². The van der Waals surface area contributed by atoms with E-state index in [2.05, 4.69) is 125 Å². The van der Waals surface area contributed by atoms with Crippen molar-refractivity contribution in [3.8, 4) is 0 Å². The first kappa shape index (κ1) is 46.4. The number of aromatic nitrogens is 4. The molecule has 0 aliphatic carbocycles. The quantitative estimate of drug-likeness (QED) is 0.476. The van der Waals surface area contributed by atoms with Gasteiger partial charge >= 0.3 is 103 Å². The topological polar surface area (TPSA) is 63.2 Å². The van der Waals surface area contributed by atoms with Gasteiger partial charge in [-0.25, -0.2) is 0 Å². The van der Waals surface area contributed by atoms with Crippen LogP contribution in [0.4, 0.5) is 0 Å². The maximum absolute atomic E-state index is 4.88. The van der Waals surface area contributed by atoms with Gasteiger partial charge in [0.2, 0.25) is 0 Å².